The Morgan fingerprint density at radius 2 is 1.88 bits per heavy atom. The molecule has 0 aromatic heterocycles. The molecule has 0 radical (unpaired) electrons. The van der Waals surface area contributed by atoms with E-state index in [1.54, 1.807) is 0 Å². The molecular formula is C16H18N2O6. The molecule has 2 aliphatic heterocycles. The smallest absolute Gasteiger partial charge is 0.245 e. The fourth-order valence-electron chi connectivity index (χ4n) is 3.68. The third kappa shape index (κ3) is 2.02. The first-order valence-corrected chi connectivity index (χ1v) is 7.57. The molecule has 3 aliphatic rings. The number of likely N-dealkylation sites (N-methyl/N-ethyl adjacent to an activating group) is 1. The summed E-state index contributed by atoms with van der Waals surface area (Å²) in [6, 6.07) is -1.89. The van der Waals surface area contributed by atoms with Gasteiger partial charge < -0.3 is 19.6 Å². The lowest BCUT2D eigenvalue weighted by Crippen LogP contribution is -2.65. The third-order valence-corrected chi connectivity index (χ3v) is 4.83. The van der Waals surface area contributed by atoms with Crippen LogP contribution in [-0.2, 0) is 23.9 Å². The molecule has 3 rings (SSSR count). The fourth-order valence-corrected chi connectivity index (χ4v) is 3.68. The van der Waals surface area contributed by atoms with E-state index in [1.165, 1.54) is 30.9 Å². The van der Waals surface area contributed by atoms with Gasteiger partial charge in [0.25, 0.3) is 0 Å². The molecule has 1 fully saturated rings. The molecule has 2 amide bonds. The Balaban J connectivity index is 2.15. The van der Waals surface area contributed by atoms with Crippen molar-refractivity contribution in [1.82, 2.24) is 9.80 Å². The number of hydrogen-bond acceptors (Lipinski definition) is 6. The summed E-state index contributed by atoms with van der Waals surface area (Å²) in [6.07, 6.45) is -0.0281. The molecule has 1 N–H and O–H groups in total. The van der Waals surface area contributed by atoms with E-state index in [4.69, 9.17) is 4.74 Å². The van der Waals surface area contributed by atoms with Crippen molar-refractivity contribution in [3.8, 4) is 0 Å². The van der Waals surface area contributed by atoms with E-state index in [-0.39, 0.29) is 53.0 Å². The van der Waals surface area contributed by atoms with E-state index in [1.807, 2.05) is 0 Å². The van der Waals surface area contributed by atoms with Gasteiger partial charge in [-0.2, -0.15) is 0 Å². The lowest BCUT2D eigenvalue weighted by molar-refractivity contribution is -0.158. The van der Waals surface area contributed by atoms with Crippen LogP contribution < -0.4 is 0 Å². The van der Waals surface area contributed by atoms with Gasteiger partial charge in [-0.3, -0.25) is 19.2 Å². The first kappa shape index (κ1) is 16.4. The number of aliphatic hydroxyl groups is 1. The molecule has 0 unspecified atom stereocenters. The molecule has 8 heteroatoms. The van der Waals surface area contributed by atoms with Crippen LogP contribution in [0.4, 0.5) is 0 Å². The largest absolute Gasteiger partial charge is 0.492 e. The maximum Gasteiger partial charge on any atom is 0.245 e. The number of Topliss-reactive ketones (excluding diaryl/α,β-unsaturated/α-hetero) is 2. The van der Waals surface area contributed by atoms with Crippen molar-refractivity contribution in [2.75, 3.05) is 27.3 Å². The van der Waals surface area contributed by atoms with Gasteiger partial charge >= 0.3 is 0 Å². The van der Waals surface area contributed by atoms with Gasteiger partial charge in [-0.15, -0.1) is 0 Å². The van der Waals surface area contributed by atoms with Gasteiger partial charge in [-0.25, -0.2) is 0 Å². The number of nitrogens with zero attached hydrogens (tertiary/aromatic N) is 2. The normalized spacial score (nSPS) is 27.7. The molecule has 128 valence electrons. The van der Waals surface area contributed by atoms with E-state index >= 15 is 0 Å². The van der Waals surface area contributed by atoms with Crippen molar-refractivity contribution in [3.05, 3.63) is 22.5 Å². The monoisotopic (exact) mass is 334 g/mol. The van der Waals surface area contributed by atoms with E-state index < -0.39 is 24.5 Å². The van der Waals surface area contributed by atoms with Crippen LogP contribution >= 0.6 is 0 Å². The van der Waals surface area contributed by atoms with Crippen LogP contribution in [0, 0.1) is 0 Å². The average molecular weight is 334 g/mol. The zero-order chi connectivity index (χ0) is 17.8. The van der Waals surface area contributed by atoms with Gasteiger partial charge in [0.15, 0.2) is 11.5 Å². The minimum Gasteiger partial charge on any atom is -0.492 e. The maximum absolute atomic E-state index is 12.7. The van der Waals surface area contributed by atoms with E-state index in [0.717, 1.165) is 0 Å². The first-order chi connectivity index (χ1) is 11.3. The van der Waals surface area contributed by atoms with Gasteiger partial charge in [0.1, 0.15) is 6.04 Å². The van der Waals surface area contributed by atoms with Crippen molar-refractivity contribution in [2.45, 2.75) is 25.4 Å². The maximum atomic E-state index is 12.7. The van der Waals surface area contributed by atoms with Crippen molar-refractivity contribution in [1.29, 1.82) is 0 Å². The summed E-state index contributed by atoms with van der Waals surface area (Å²) in [4.78, 5) is 52.7. The Morgan fingerprint density at radius 1 is 1.21 bits per heavy atom. The molecule has 0 aromatic rings. The molecule has 1 saturated heterocycles. The highest BCUT2D eigenvalue weighted by molar-refractivity contribution is 6.25. The van der Waals surface area contributed by atoms with Crippen LogP contribution in [0.25, 0.3) is 0 Å². The summed E-state index contributed by atoms with van der Waals surface area (Å²) in [5.41, 5.74) is 0.427. The summed E-state index contributed by atoms with van der Waals surface area (Å²) in [5, 5.41) is 9.79. The zero-order valence-corrected chi connectivity index (χ0v) is 13.7. The Kier molecular flexibility index (Phi) is 3.79. The molecular weight excluding hydrogens is 316 g/mol. The highest BCUT2D eigenvalue weighted by atomic mass is 16.5. The third-order valence-electron chi connectivity index (χ3n) is 4.83. The molecule has 0 aromatic carbocycles. The Morgan fingerprint density at radius 3 is 2.46 bits per heavy atom. The predicted molar refractivity (Wildman–Crippen MR) is 80.5 cm³/mol. The predicted octanol–water partition coefficient (Wildman–Crippen LogP) is -1.21. The summed E-state index contributed by atoms with van der Waals surface area (Å²) < 4.78 is 5.04. The number of rotatable bonds is 2. The first-order valence-electron chi connectivity index (χ1n) is 7.57. The van der Waals surface area contributed by atoms with Crippen molar-refractivity contribution < 1.29 is 29.0 Å². The van der Waals surface area contributed by atoms with Gasteiger partial charge in [0, 0.05) is 30.2 Å². The van der Waals surface area contributed by atoms with Crippen molar-refractivity contribution in [2.24, 2.45) is 0 Å². The Hall–Kier alpha value is -2.48. The lowest BCUT2D eigenvalue weighted by atomic mass is 9.77. The Bertz CT molecular complexity index is 735. The second-order valence-corrected chi connectivity index (χ2v) is 6.12. The number of ketones is 2. The Labute approximate surface area is 138 Å². The summed E-state index contributed by atoms with van der Waals surface area (Å²) in [7, 11) is 2.80. The SMILES string of the molecule is COC1=C(C)C(=O)C2=C(C1=O)[C@@H](CO)N1C(=O)CN(C)C(=O)[C@@H]1C2. The van der Waals surface area contributed by atoms with Crippen LogP contribution in [0.3, 0.4) is 0 Å². The molecule has 0 spiro atoms. The summed E-state index contributed by atoms with van der Waals surface area (Å²) in [5.74, 6) is -1.64. The minimum atomic E-state index is -1.02. The fraction of sp³-hybridized carbons (Fsp3) is 0.500. The van der Waals surface area contributed by atoms with Crippen LogP contribution in [0.15, 0.2) is 22.5 Å². The van der Waals surface area contributed by atoms with Crippen LogP contribution in [-0.4, -0.2) is 77.7 Å². The van der Waals surface area contributed by atoms with Gasteiger partial charge in [-0.1, -0.05) is 0 Å². The highest BCUT2D eigenvalue weighted by Gasteiger charge is 2.51. The number of carbonyl (C=O) groups excluding carboxylic acids is 4. The zero-order valence-electron chi connectivity index (χ0n) is 13.7. The topological polar surface area (TPSA) is 104 Å². The molecule has 2 heterocycles. The summed E-state index contributed by atoms with van der Waals surface area (Å²) in [6.45, 7) is 0.818. The van der Waals surface area contributed by atoms with Crippen LogP contribution in [0.2, 0.25) is 0 Å². The minimum absolute atomic E-state index is 0.0281. The number of amides is 2. The number of piperazine rings is 1. The molecule has 0 saturated carbocycles. The summed E-state index contributed by atoms with van der Waals surface area (Å²) >= 11 is 0. The number of aliphatic hydroxyl groups excluding tert-OH is 1. The second-order valence-electron chi connectivity index (χ2n) is 6.12. The van der Waals surface area contributed by atoms with Crippen LogP contribution in [0.5, 0.6) is 0 Å². The number of fused-ring (bicyclic) bond motifs is 1. The number of methoxy groups -OCH3 is 1. The number of ether oxygens (including phenoxy) is 1. The van der Waals surface area contributed by atoms with Crippen LogP contribution in [0.1, 0.15) is 13.3 Å². The lowest BCUT2D eigenvalue weighted by Gasteiger charge is -2.47. The van der Waals surface area contributed by atoms with E-state index in [0.29, 0.717) is 0 Å². The number of hydrogen-bond donors (Lipinski definition) is 1. The van der Waals surface area contributed by atoms with Gasteiger partial charge in [0.05, 0.1) is 26.3 Å². The van der Waals surface area contributed by atoms with Crippen molar-refractivity contribution >= 4 is 23.4 Å². The molecule has 1 aliphatic carbocycles. The van der Waals surface area contributed by atoms with E-state index in [9.17, 15) is 24.3 Å². The number of allylic oxidation sites excluding steroid dienone is 2. The van der Waals surface area contributed by atoms with Gasteiger partial charge in [0.2, 0.25) is 17.6 Å². The number of carbonyl (C=O) groups is 4. The molecule has 24 heavy (non-hydrogen) atoms. The highest BCUT2D eigenvalue weighted by Crippen LogP contribution is 2.38. The molecule has 8 nitrogen and oxygen atoms in total. The average Bonchev–Trinajstić information content (AvgIpc) is 2.56. The van der Waals surface area contributed by atoms with Gasteiger partial charge in [-0.05, 0) is 6.92 Å². The van der Waals surface area contributed by atoms with E-state index in [2.05, 4.69) is 0 Å². The molecule has 2 atom stereocenters. The quantitative estimate of drug-likeness (QED) is 0.636. The second kappa shape index (κ2) is 5.55. The molecule has 0 bridgehead atoms. The van der Waals surface area contributed by atoms with Crippen molar-refractivity contribution in [3.63, 3.8) is 0 Å². The standard InChI is InChI=1S/C16H18N2O6/c1-7-13(21)8-4-9-16(23)17(2)5-11(20)18(9)10(6-19)12(8)14(22)15(7)24-3/h9-10,19H,4-6H2,1-3H3/t9-,10+/m0/s1.